The van der Waals surface area contributed by atoms with Crippen molar-refractivity contribution < 1.29 is 28.3 Å². The molecule has 0 bridgehead atoms. The van der Waals surface area contributed by atoms with Crippen LogP contribution >= 0.6 is 11.8 Å². The number of benzene rings is 2. The van der Waals surface area contributed by atoms with Crippen LogP contribution < -0.4 is 10.6 Å². The van der Waals surface area contributed by atoms with E-state index in [0.29, 0.717) is 31.9 Å². The van der Waals surface area contributed by atoms with Gasteiger partial charge in [-0.3, -0.25) is 4.79 Å². The molecule has 0 aliphatic carbocycles. The minimum atomic E-state index is -4.05. The van der Waals surface area contributed by atoms with Gasteiger partial charge in [0.15, 0.2) is 0 Å². The van der Waals surface area contributed by atoms with Crippen LogP contribution in [0.1, 0.15) is 38.8 Å². The fourth-order valence-corrected chi connectivity index (χ4v) is 8.79. The quantitative estimate of drug-likeness (QED) is 0.103. The molecule has 0 spiro atoms. The zero-order chi connectivity index (χ0) is 36.4. The lowest BCUT2D eigenvalue weighted by Crippen LogP contribution is -2.57. The predicted molar refractivity (Wildman–Crippen MR) is 196 cm³/mol. The minimum Gasteiger partial charge on any atom is -0.411 e. The molecule has 274 valence electrons. The summed E-state index contributed by atoms with van der Waals surface area (Å²) in [5.41, 5.74) is 2.43. The van der Waals surface area contributed by atoms with E-state index in [4.69, 9.17) is 5.21 Å². The van der Waals surface area contributed by atoms with Crippen molar-refractivity contribution in [2.24, 2.45) is 17.0 Å². The monoisotopic (exact) mass is 729 g/mol. The molecule has 1 saturated heterocycles. The first-order chi connectivity index (χ1) is 23.8. The van der Waals surface area contributed by atoms with Crippen LogP contribution in [0.3, 0.4) is 0 Å². The molecule has 4 N–H and O–H groups in total. The largest absolute Gasteiger partial charge is 0.411 e. The van der Waals surface area contributed by atoms with Gasteiger partial charge in [-0.25, -0.2) is 13.2 Å². The van der Waals surface area contributed by atoms with Crippen LogP contribution in [0.15, 0.2) is 75.8 Å². The third-order valence-corrected chi connectivity index (χ3v) is 11.4. The van der Waals surface area contributed by atoms with Crippen LogP contribution in [0.2, 0.25) is 0 Å². The molecular weight excluding hydrogens is 679 g/mol. The topological polar surface area (TPSA) is 158 Å². The highest BCUT2D eigenvalue weighted by atomic mass is 32.2. The number of thioether (sulfide) groups is 1. The fraction of sp³-hybridized carbons (Fsp3) is 0.514. The minimum absolute atomic E-state index is 0.0297. The first-order valence-electron chi connectivity index (χ1n) is 16.9. The Labute approximate surface area is 300 Å². The van der Waals surface area contributed by atoms with Crippen molar-refractivity contribution in [3.8, 4) is 0 Å². The number of carbonyl (C=O) groups excluding carboxylic acids is 2. The summed E-state index contributed by atoms with van der Waals surface area (Å²) in [4.78, 5) is 33.5. The molecule has 3 amide bonds. The van der Waals surface area contributed by atoms with Crippen molar-refractivity contribution in [3.05, 3.63) is 76.8 Å². The molecule has 4 rings (SSSR count). The Kier molecular flexibility index (Phi) is 14.1. The van der Waals surface area contributed by atoms with Crippen molar-refractivity contribution in [3.63, 3.8) is 0 Å². The molecule has 13 nitrogen and oxygen atoms in total. The highest BCUT2D eigenvalue weighted by Gasteiger charge is 2.41. The summed E-state index contributed by atoms with van der Waals surface area (Å²) in [5, 5.41) is 31.9. The summed E-state index contributed by atoms with van der Waals surface area (Å²) < 4.78 is 29.0. The standard InChI is InChI=1S/C35H51N7O6S2/c1-25(2)19-41(50(47,48)30-13-11-28(12-14-30)18-37-46)21-32(43)31(17-27-9-7-6-8-10-27)38-34(44)33(26(3)4)42-16-15-39(35(42)45)20-29-22-49-24-40(29)23-36-5/h6-14,18,22,25-26,31-33,36,43,46H,15-17,19-21,23-24H2,1-5H3,(H,38,44)/b37-18+/t31-,32+,33-/m0/s1. The molecule has 2 aliphatic heterocycles. The maximum absolute atomic E-state index is 14.2. The third kappa shape index (κ3) is 10.00. The van der Waals surface area contributed by atoms with Crippen molar-refractivity contribution in [1.29, 1.82) is 0 Å². The summed E-state index contributed by atoms with van der Waals surface area (Å²) >= 11 is 1.68. The third-order valence-electron chi connectivity index (χ3n) is 8.70. The van der Waals surface area contributed by atoms with Crippen LogP contribution in [0.25, 0.3) is 0 Å². The van der Waals surface area contributed by atoms with Gasteiger partial charge in [0.1, 0.15) is 6.04 Å². The average Bonchev–Trinajstić information content (AvgIpc) is 3.66. The van der Waals surface area contributed by atoms with Crippen LogP contribution in [0, 0.1) is 11.8 Å². The summed E-state index contributed by atoms with van der Waals surface area (Å²) in [6, 6.07) is 13.4. The summed E-state index contributed by atoms with van der Waals surface area (Å²) in [7, 11) is -2.17. The Balaban J connectivity index is 1.55. The maximum Gasteiger partial charge on any atom is 0.321 e. The highest BCUT2D eigenvalue weighted by molar-refractivity contribution is 8.02. The average molecular weight is 730 g/mol. The van der Waals surface area contributed by atoms with Gasteiger partial charge in [-0.05, 0) is 54.0 Å². The lowest BCUT2D eigenvalue weighted by atomic mass is 9.97. The number of hydrogen-bond acceptors (Lipinski definition) is 10. The first kappa shape index (κ1) is 39.2. The lowest BCUT2D eigenvalue weighted by Gasteiger charge is -2.34. The van der Waals surface area contributed by atoms with Gasteiger partial charge in [-0.1, -0.05) is 75.3 Å². The molecule has 2 heterocycles. The molecule has 15 heteroatoms. The van der Waals surface area contributed by atoms with Crippen molar-refractivity contribution >= 4 is 39.9 Å². The van der Waals surface area contributed by atoms with Crippen molar-refractivity contribution in [1.82, 2.24) is 29.6 Å². The number of rotatable bonds is 18. The van der Waals surface area contributed by atoms with E-state index >= 15 is 0 Å². The number of hydrogen-bond donors (Lipinski definition) is 4. The Bertz CT molecular complexity index is 1590. The molecule has 3 atom stereocenters. The molecule has 50 heavy (non-hydrogen) atoms. The molecule has 0 aromatic heterocycles. The molecule has 2 aromatic rings. The molecular formula is C35H51N7O6S2. The smallest absolute Gasteiger partial charge is 0.321 e. The summed E-state index contributed by atoms with van der Waals surface area (Å²) in [6.45, 7) is 9.43. The van der Waals surface area contributed by atoms with E-state index < -0.39 is 34.1 Å². The molecule has 0 unspecified atom stereocenters. The molecule has 0 saturated carbocycles. The Hall–Kier alpha value is -3.63. The highest BCUT2D eigenvalue weighted by Crippen LogP contribution is 2.26. The number of nitrogens with one attached hydrogen (secondary N) is 2. The Morgan fingerprint density at radius 3 is 2.36 bits per heavy atom. The number of amides is 3. The van der Waals surface area contributed by atoms with E-state index in [1.54, 1.807) is 21.6 Å². The number of oxime groups is 1. The van der Waals surface area contributed by atoms with E-state index in [0.717, 1.165) is 17.1 Å². The van der Waals surface area contributed by atoms with Crippen LogP contribution in [-0.2, 0) is 21.2 Å². The van der Waals surface area contributed by atoms with E-state index in [2.05, 4.69) is 26.1 Å². The van der Waals surface area contributed by atoms with Gasteiger partial charge in [0.2, 0.25) is 15.9 Å². The molecule has 2 aromatic carbocycles. The maximum atomic E-state index is 14.2. The van der Waals surface area contributed by atoms with Crippen molar-refractivity contribution in [2.45, 2.75) is 57.2 Å². The summed E-state index contributed by atoms with van der Waals surface area (Å²) in [6.07, 6.45) is 0.166. The lowest BCUT2D eigenvalue weighted by molar-refractivity contribution is -0.128. The van der Waals surface area contributed by atoms with E-state index in [9.17, 15) is 23.1 Å². The van der Waals surface area contributed by atoms with Gasteiger partial charge >= 0.3 is 6.03 Å². The van der Waals surface area contributed by atoms with E-state index in [-0.39, 0.29) is 42.3 Å². The van der Waals surface area contributed by atoms with E-state index in [1.807, 2.05) is 65.1 Å². The van der Waals surface area contributed by atoms with Gasteiger partial charge < -0.3 is 35.6 Å². The predicted octanol–water partition coefficient (Wildman–Crippen LogP) is 3.02. The second kappa shape index (κ2) is 18.0. The number of sulfonamides is 1. The molecule has 2 aliphatic rings. The van der Waals surface area contributed by atoms with Gasteiger partial charge in [0.05, 0.1) is 42.3 Å². The first-order valence-corrected chi connectivity index (χ1v) is 19.4. The van der Waals surface area contributed by atoms with Crippen molar-refractivity contribution in [2.75, 3.05) is 52.3 Å². The second-order valence-corrected chi connectivity index (χ2v) is 16.2. The molecule has 0 radical (unpaired) electrons. The second-order valence-electron chi connectivity index (χ2n) is 13.4. The number of aliphatic hydroxyl groups excluding tert-OH is 1. The van der Waals surface area contributed by atoms with Gasteiger partial charge in [0.25, 0.3) is 0 Å². The summed E-state index contributed by atoms with van der Waals surface area (Å²) in [5.74, 6) is 0.124. The number of urea groups is 1. The zero-order valence-electron chi connectivity index (χ0n) is 29.5. The van der Waals surface area contributed by atoms with Crippen LogP contribution in [0.5, 0.6) is 0 Å². The zero-order valence-corrected chi connectivity index (χ0v) is 31.1. The van der Waals surface area contributed by atoms with Gasteiger partial charge in [-0.2, -0.15) is 4.31 Å². The molecule has 1 fully saturated rings. The number of nitrogens with zero attached hydrogens (tertiary/aromatic N) is 5. The SMILES string of the molecule is CNCN1CSC=C1CN1CCN([C@H](C(=O)N[C@@H](Cc2ccccc2)[C@H](O)CN(CC(C)C)S(=O)(=O)c2ccc(/C=N/O)cc2)C(C)C)C1=O. The number of carbonyl (C=O) groups is 2. The van der Waals surface area contributed by atoms with Crippen LogP contribution in [0.4, 0.5) is 4.79 Å². The Morgan fingerprint density at radius 1 is 1.04 bits per heavy atom. The van der Waals surface area contributed by atoms with E-state index in [1.165, 1.54) is 34.8 Å². The van der Waals surface area contributed by atoms with Crippen LogP contribution in [-0.4, -0.2) is 126 Å². The Morgan fingerprint density at radius 2 is 1.74 bits per heavy atom. The fourth-order valence-electron chi connectivity index (χ4n) is 6.24. The van der Waals surface area contributed by atoms with Gasteiger partial charge in [0, 0.05) is 31.9 Å². The number of aliphatic hydroxyl groups is 1. The normalized spacial score (nSPS) is 17.3. The van der Waals surface area contributed by atoms with Gasteiger partial charge in [-0.15, -0.1) is 11.8 Å².